The average molecular weight is 287 g/mol. The zero-order valence-corrected chi connectivity index (χ0v) is 13.0. The number of amides is 1. The van der Waals surface area contributed by atoms with Gasteiger partial charge in [0, 0.05) is 19.1 Å². The van der Waals surface area contributed by atoms with Crippen LogP contribution in [0.1, 0.15) is 45.1 Å². The van der Waals surface area contributed by atoms with Crippen LogP contribution in [0.15, 0.2) is 30.3 Å². The van der Waals surface area contributed by atoms with Gasteiger partial charge in [0.25, 0.3) is 0 Å². The van der Waals surface area contributed by atoms with E-state index in [1.807, 2.05) is 18.2 Å². The summed E-state index contributed by atoms with van der Waals surface area (Å²) in [5.41, 5.74) is 1.16. The van der Waals surface area contributed by atoms with Gasteiger partial charge < -0.3 is 10.1 Å². The maximum absolute atomic E-state index is 12.7. The Morgan fingerprint density at radius 2 is 2.00 bits per heavy atom. The van der Waals surface area contributed by atoms with E-state index in [-0.39, 0.29) is 22.8 Å². The Kier molecular flexibility index (Phi) is 3.78. The van der Waals surface area contributed by atoms with Crippen LogP contribution in [-0.4, -0.2) is 19.1 Å². The van der Waals surface area contributed by atoms with E-state index in [4.69, 9.17) is 4.74 Å². The monoisotopic (exact) mass is 287 g/mol. The molecule has 114 valence electrons. The summed E-state index contributed by atoms with van der Waals surface area (Å²) >= 11 is 0. The van der Waals surface area contributed by atoms with Crippen LogP contribution in [0, 0.1) is 11.3 Å². The van der Waals surface area contributed by atoms with Crippen molar-refractivity contribution in [2.45, 2.75) is 45.1 Å². The molecule has 1 heterocycles. The largest absolute Gasteiger partial charge is 0.381 e. The van der Waals surface area contributed by atoms with Gasteiger partial charge in [-0.3, -0.25) is 4.79 Å². The Balaban J connectivity index is 1.69. The molecule has 3 rings (SSSR count). The molecule has 2 atom stereocenters. The highest BCUT2D eigenvalue weighted by atomic mass is 16.5. The second-order valence-corrected chi connectivity index (χ2v) is 6.77. The van der Waals surface area contributed by atoms with E-state index in [0.29, 0.717) is 0 Å². The van der Waals surface area contributed by atoms with Crippen molar-refractivity contribution < 1.29 is 9.53 Å². The zero-order chi connectivity index (χ0) is 14.9. The first-order valence-corrected chi connectivity index (χ1v) is 8.05. The molecular formula is C18H25NO2. The van der Waals surface area contributed by atoms with Crippen LogP contribution in [0.3, 0.4) is 0 Å². The summed E-state index contributed by atoms with van der Waals surface area (Å²) in [6.45, 7) is 5.88. The van der Waals surface area contributed by atoms with Crippen molar-refractivity contribution in [2.24, 2.45) is 11.3 Å². The van der Waals surface area contributed by atoms with E-state index >= 15 is 0 Å². The van der Waals surface area contributed by atoms with Crippen molar-refractivity contribution in [3.05, 3.63) is 35.9 Å². The fourth-order valence-corrected chi connectivity index (χ4v) is 3.58. The normalized spacial score (nSPS) is 26.1. The Bertz CT molecular complexity index is 507. The molecule has 1 aromatic rings. The summed E-state index contributed by atoms with van der Waals surface area (Å²) in [5.74, 6) is 0.418. The lowest BCUT2D eigenvalue weighted by Gasteiger charge is -2.31. The third kappa shape index (κ3) is 2.71. The number of nitrogens with one attached hydrogen (secondary N) is 1. The molecule has 3 nitrogen and oxygen atoms in total. The van der Waals surface area contributed by atoms with Gasteiger partial charge in [-0.15, -0.1) is 0 Å². The first-order valence-electron chi connectivity index (χ1n) is 8.05. The number of hydrogen-bond donors (Lipinski definition) is 1. The molecule has 2 fully saturated rings. The maximum Gasteiger partial charge on any atom is 0.224 e. The molecule has 1 N–H and O–H groups in total. The van der Waals surface area contributed by atoms with E-state index in [0.717, 1.165) is 38.9 Å². The molecule has 0 aromatic heterocycles. The Labute approximate surface area is 127 Å². The standard InChI is InChI=1S/C18H25NO2/c1-3-17(2,14-7-5-4-6-8-14)19-16(20)15-13-18(15)9-11-21-12-10-18/h4-8,15H,3,9-13H2,1-2H3,(H,19,20)/t15-,17+/m1/s1. The second-order valence-electron chi connectivity index (χ2n) is 6.77. The van der Waals surface area contributed by atoms with Gasteiger partial charge in [0.2, 0.25) is 5.91 Å². The van der Waals surface area contributed by atoms with Crippen LogP contribution in [0.4, 0.5) is 0 Å². The van der Waals surface area contributed by atoms with E-state index in [1.54, 1.807) is 0 Å². The van der Waals surface area contributed by atoms with Crippen molar-refractivity contribution in [1.82, 2.24) is 5.32 Å². The molecule has 1 spiro atoms. The van der Waals surface area contributed by atoms with Gasteiger partial charge in [-0.05, 0) is 43.6 Å². The van der Waals surface area contributed by atoms with Gasteiger partial charge in [0.05, 0.1) is 5.54 Å². The molecule has 3 heteroatoms. The first kappa shape index (κ1) is 14.6. The highest BCUT2D eigenvalue weighted by molar-refractivity contribution is 5.83. The molecule has 1 saturated heterocycles. The van der Waals surface area contributed by atoms with Crippen molar-refractivity contribution in [1.29, 1.82) is 0 Å². The van der Waals surface area contributed by atoms with Crippen molar-refractivity contribution >= 4 is 5.91 Å². The Morgan fingerprint density at radius 3 is 2.62 bits per heavy atom. The van der Waals surface area contributed by atoms with E-state index in [9.17, 15) is 4.79 Å². The van der Waals surface area contributed by atoms with Gasteiger partial charge in [0.15, 0.2) is 0 Å². The molecule has 21 heavy (non-hydrogen) atoms. The van der Waals surface area contributed by atoms with Gasteiger partial charge in [-0.25, -0.2) is 0 Å². The number of hydrogen-bond acceptors (Lipinski definition) is 2. The summed E-state index contributed by atoms with van der Waals surface area (Å²) in [4.78, 5) is 12.7. The smallest absolute Gasteiger partial charge is 0.224 e. The number of carbonyl (C=O) groups is 1. The molecule has 1 aliphatic carbocycles. The van der Waals surface area contributed by atoms with Gasteiger partial charge in [-0.2, -0.15) is 0 Å². The van der Waals surface area contributed by atoms with Crippen LogP contribution in [0.5, 0.6) is 0 Å². The third-order valence-corrected chi connectivity index (χ3v) is 5.51. The van der Waals surface area contributed by atoms with Crippen molar-refractivity contribution in [2.75, 3.05) is 13.2 Å². The summed E-state index contributed by atoms with van der Waals surface area (Å²) in [6, 6.07) is 10.3. The van der Waals surface area contributed by atoms with E-state index in [2.05, 4.69) is 31.3 Å². The fourth-order valence-electron chi connectivity index (χ4n) is 3.58. The van der Waals surface area contributed by atoms with Crippen LogP contribution < -0.4 is 5.32 Å². The highest BCUT2D eigenvalue weighted by Crippen LogP contribution is 2.59. The minimum atomic E-state index is -0.271. The Hall–Kier alpha value is -1.35. The predicted octanol–water partition coefficient (Wildman–Crippen LogP) is 3.24. The molecule has 1 amide bonds. The van der Waals surface area contributed by atoms with Crippen LogP contribution in [0.2, 0.25) is 0 Å². The SMILES string of the molecule is CC[C@](C)(NC(=O)[C@H]1CC12CCOCC2)c1ccccc1. The number of ether oxygens (including phenoxy) is 1. The van der Waals surface area contributed by atoms with Gasteiger partial charge in [0.1, 0.15) is 0 Å². The highest BCUT2D eigenvalue weighted by Gasteiger charge is 2.58. The number of rotatable bonds is 4. The molecular weight excluding hydrogens is 262 g/mol. The lowest BCUT2D eigenvalue weighted by molar-refractivity contribution is -0.125. The van der Waals surface area contributed by atoms with Crippen molar-refractivity contribution in [3.63, 3.8) is 0 Å². The summed E-state index contributed by atoms with van der Waals surface area (Å²) in [7, 11) is 0. The maximum atomic E-state index is 12.7. The molecule has 0 radical (unpaired) electrons. The minimum Gasteiger partial charge on any atom is -0.381 e. The quantitative estimate of drug-likeness (QED) is 0.923. The molecule has 1 saturated carbocycles. The molecule has 2 aliphatic rings. The molecule has 1 aliphatic heterocycles. The number of benzene rings is 1. The predicted molar refractivity (Wildman–Crippen MR) is 82.8 cm³/mol. The van der Waals surface area contributed by atoms with Crippen LogP contribution >= 0.6 is 0 Å². The third-order valence-electron chi connectivity index (χ3n) is 5.51. The fraction of sp³-hybridized carbons (Fsp3) is 0.611. The Morgan fingerprint density at radius 1 is 1.33 bits per heavy atom. The van der Waals surface area contributed by atoms with E-state index < -0.39 is 0 Å². The zero-order valence-electron chi connectivity index (χ0n) is 13.0. The average Bonchev–Trinajstić information content (AvgIpc) is 3.22. The second kappa shape index (κ2) is 5.45. The van der Waals surface area contributed by atoms with Crippen molar-refractivity contribution in [3.8, 4) is 0 Å². The van der Waals surface area contributed by atoms with Gasteiger partial charge >= 0.3 is 0 Å². The summed E-state index contributed by atoms with van der Waals surface area (Å²) in [5, 5.41) is 3.31. The minimum absolute atomic E-state index is 0.191. The van der Waals surface area contributed by atoms with Crippen LogP contribution in [-0.2, 0) is 15.1 Å². The summed E-state index contributed by atoms with van der Waals surface area (Å²) < 4.78 is 5.43. The molecule has 0 bridgehead atoms. The molecule has 0 unspecified atom stereocenters. The lowest BCUT2D eigenvalue weighted by Crippen LogP contribution is -2.44. The number of carbonyl (C=O) groups excluding carboxylic acids is 1. The first-order chi connectivity index (χ1) is 10.1. The topological polar surface area (TPSA) is 38.3 Å². The molecule has 1 aromatic carbocycles. The van der Waals surface area contributed by atoms with E-state index in [1.165, 1.54) is 5.56 Å². The van der Waals surface area contributed by atoms with Gasteiger partial charge in [-0.1, -0.05) is 37.3 Å². The van der Waals surface area contributed by atoms with Crippen LogP contribution in [0.25, 0.3) is 0 Å². The summed E-state index contributed by atoms with van der Waals surface area (Å²) in [6.07, 6.45) is 4.01. The lowest BCUT2D eigenvalue weighted by atomic mass is 9.88.